The molecule has 1 amide bonds. The van der Waals surface area contributed by atoms with Gasteiger partial charge in [-0.1, -0.05) is 12.1 Å². The van der Waals surface area contributed by atoms with E-state index in [1.54, 1.807) is 32.9 Å². The number of nitrogens with one attached hydrogen (secondary N) is 1. The maximum atomic E-state index is 12.8. The first-order valence-electron chi connectivity index (χ1n) is 7.79. The number of amides is 1. The maximum Gasteiger partial charge on any atom is 0.224 e. The van der Waals surface area contributed by atoms with Crippen LogP contribution in [0.15, 0.2) is 46.6 Å². The van der Waals surface area contributed by atoms with Crippen molar-refractivity contribution in [3.8, 4) is 0 Å². The summed E-state index contributed by atoms with van der Waals surface area (Å²) in [6.07, 6.45) is 0.458. The van der Waals surface area contributed by atoms with Crippen LogP contribution >= 0.6 is 0 Å². The molecule has 0 saturated carbocycles. The van der Waals surface area contributed by atoms with Gasteiger partial charge in [0.15, 0.2) is 11.6 Å². The molecule has 1 aliphatic carbocycles. The normalized spacial score (nSPS) is 15.2. The number of Topliss-reactive ketones (excluding diaryl/α,β-unsaturated/α-hetero) is 2. The molecule has 1 N–H and O–H groups in total. The van der Waals surface area contributed by atoms with Crippen molar-refractivity contribution in [1.29, 1.82) is 0 Å². The average molecular weight is 329 g/mol. The van der Waals surface area contributed by atoms with E-state index in [2.05, 4.69) is 5.32 Å². The Morgan fingerprint density at radius 1 is 0.958 bits per heavy atom. The zero-order valence-corrected chi connectivity index (χ0v) is 14.0. The lowest BCUT2D eigenvalue weighted by Gasteiger charge is -2.18. The second-order valence-electron chi connectivity index (χ2n) is 5.91. The first-order valence-corrected chi connectivity index (χ1v) is 7.79. The van der Waals surface area contributed by atoms with Crippen molar-refractivity contribution in [3.63, 3.8) is 0 Å². The van der Waals surface area contributed by atoms with Gasteiger partial charge in [-0.05, 0) is 44.9 Å². The van der Waals surface area contributed by atoms with E-state index in [9.17, 15) is 18.8 Å². The van der Waals surface area contributed by atoms with E-state index in [4.69, 9.17) is 0 Å². The van der Waals surface area contributed by atoms with Crippen LogP contribution in [-0.2, 0) is 20.8 Å². The van der Waals surface area contributed by atoms with Gasteiger partial charge in [-0.15, -0.1) is 0 Å². The van der Waals surface area contributed by atoms with Crippen molar-refractivity contribution in [3.05, 3.63) is 57.9 Å². The Morgan fingerprint density at radius 3 is 2.17 bits per heavy atom. The van der Waals surface area contributed by atoms with Gasteiger partial charge >= 0.3 is 0 Å². The van der Waals surface area contributed by atoms with Crippen molar-refractivity contribution in [1.82, 2.24) is 5.32 Å². The summed E-state index contributed by atoms with van der Waals surface area (Å²) in [7, 11) is 0. The largest absolute Gasteiger partial charge is 0.355 e. The molecule has 2 rings (SSSR count). The van der Waals surface area contributed by atoms with Crippen LogP contribution in [0.1, 0.15) is 32.8 Å². The van der Waals surface area contributed by atoms with Crippen molar-refractivity contribution in [2.45, 2.75) is 33.6 Å². The Bertz CT molecular complexity index is 757. The minimum atomic E-state index is -0.347. The lowest BCUT2D eigenvalue weighted by atomic mass is 9.84. The Kier molecular flexibility index (Phi) is 5.44. The highest BCUT2D eigenvalue weighted by Crippen LogP contribution is 2.25. The van der Waals surface area contributed by atoms with Crippen LogP contribution in [0.25, 0.3) is 0 Å². The van der Waals surface area contributed by atoms with Crippen molar-refractivity contribution >= 4 is 17.5 Å². The standard InChI is InChI=1S/C19H20FNO3/c1-11-12(2)19(24)16(13(3)18(11)23)8-9-21-17(22)10-14-4-6-15(20)7-5-14/h4-7H,8-10H2,1-3H3,(H,21,22). The Balaban J connectivity index is 1.92. The number of carbonyl (C=O) groups excluding carboxylic acids is 3. The lowest BCUT2D eigenvalue weighted by Crippen LogP contribution is -2.28. The van der Waals surface area contributed by atoms with Gasteiger partial charge in [-0.2, -0.15) is 0 Å². The number of halogens is 1. The van der Waals surface area contributed by atoms with E-state index < -0.39 is 0 Å². The summed E-state index contributed by atoms with van der Waals surface area (Å²) in [6, 6.07) is 5.73. The summed E-state index contributed by atoms with van der Waals surface area (Å²) < 4.78 is 12.8. The molecule has 0 unspecified atom stereocenters. The molecule has 0 bridgehead atoms. The number of hydrogen-bond donors (Lipinski definition) is 1. The number of carbonyl (C=O) groups is 3. The topological polar surface area (TPSA) is 63.2 Å². The molecule has 1 aromatic rings. The van der Waals surface area contributed by atoms with E-state index >= 15 is 0 Å². The Morgan fingerprint density at radius 2 is 1.54 bits per heavy atom. The fourth-order valence-corrected chi connectivity index (χ4v) is 2.63. The highest BCUT2D eigenvalue weighted by molar-refractivity contribution is 6.24. The van der Waals surface area contributed by atoms with Crippen molar-refractivity contribution in [2.75, 3.05) is 6.54 Å². The number of allylic oxidation sites excluding steroid dienone is 3. The number of hydrogen-bond acceptors (Lipinski definition) is 3. The minimum Gasteiger partial charge on any atom is -0.355 e. The third-order valence-electron chi connectivity index (χ3n) is 4.29. The summed E-state index contributed by atoms with van der Waals surface area (Å²) in [5.74, 6) is -0.796. The molecule has 0 radical (unpaired) electrons. The first-order chi connectivity index (χ1) is 11.3. The fraction of sp³-hybridized carbons (Fsp3) is 0.316. The lowest BCUT2D eigenvalue weighted by molar-refractivity contribution is -0.120. The quantitative estimate of drug-likeness (QED) is 0.845. The molecule has 1 aromatic carbocycles. The zero-order valence-electron chi connectivity index (χ0n) is 14.0. The van der Waals surface area contributed by atoms with Gasteiger partial charge in [-0.3, -0.25) is 14.4 Å². The van der Waals surface area contributed by atoms with Crippen LogP contribution < -0.4 is 5.32 Å². The zero-order chi connectivity index (χ0) is 17.9. The number of rotatable bonds is 5. The van der Waals surface area contributed by atoms with E-state index in [0.29, 0.717) is 34.3 Å². The van der Waals surface area contributed by atoms with Gasteiger partial charge < -0.3 is 5.32 Å². The second kappa shape index (κ2) is 7.34. The van der Waals surface area contributed by atoms with Crippen LogP contribution in [0.2, 0.25) is 0 Å². The molecule has 0 fully saturated rings. The molecule has 0 saturated heterocycles. The first kappa shape index (κ1) is 17.8. The molecular formula is C19H20FNO3. The highest BCUT2D eigenvalue weighted by atomic mass is 19.1. The maximum absolute atomic E-state index is 12.8. The third kappa shape index (κ3) is 3.85. The molecule has 0 spiro atoms. The smallest absolute Gasteiger partial charge is 0.224 e. The predicted molar refractivity (Wildman–Crippen MR) is 88.8 cm³/mol. The molecule has 0 atom stereocenters. The van der Waals surface area contributed by atoms with Crippen LogP contribution in [-0.4, -0.2) is 24.0 Å². The monoisotopic (exact) mass is 329 g/mol. The summed E-state index contributed by atoms with van der Waals surface area (Å²) in [6.45, 7) is 5.22. The molecular weight excluding hydrogens is 309 g/mol. The fourth-order valence-electron chi connectivity index (χ4n) is 2.63. The van der Waals surface area contributed by atoms with Gasteiger partial charge in [0.2, 0.25) is 5.91 Å². The molecule has 5 heteroatoms. The number of ketones is 2. The van der Waals surface area contributed by atoms with Crippen molar-refractivity contribution < 1.29 is 18.8 Å². The summed E-state index contributed by atoms with van der Waals surface area (Å²) >= 11 is 0. The van der Waals surface area contributed by atoms with E-state index in [0.717, 1.165) is 0 Å². The highest BCUT2D eigenvalue weighted by Gasteiger charge is 2.27. The molecule has 0 aromatic heterocycles. The summed E-state index contributed by atoms with van der Waals surface area (Å²) in [5, 5.41) is 2.73. The molecule has 1 aliphatic rings. The Hall–Kier alpha value is -2.56. The van der Waals surface area contributed by atoms with Gasteiger partial charge in [0.05, 0.1) is 6.42 Å². The summed E-state index contributed by atoms with van der Waals surface area (Å²) in [4.78, 5) is 36.2. The second-order valence-corrected chi connectivity index (χ2v) is 5.91. The van der Waals surface area contributed by atoms with Crippen LogP contribution in [0.4, 0.5) is 4.39 Å². The number of benzene rings is 1. The molecule has 24 heavy (non-hydrogen) atoms. The van der Waals surface area contributed by atoms with Gasteiger partial charge in [0.1, 0.15) is 5.82 Å². The predicted octanol–water partition coefficient (Wildman–Crippen LogP) is 2.68. The van der Waals surface area contributed by atoms with Gasteiger partial charge in [0, 0.05) is 28.8 Å². The molecule has 4 nitrogen and oxygen atoms in total. The molecule has 0 aliphatic heterocycles. The van der Waals surface area contributed by atoms with E-state index in [1.807, 2.05) is 0 Å². The van der Waals surface area contributed by atoms with Gasteiger partial charge in [0.25, 0.3) is 0 Å². The van der Waals surface area contributed by atoms with Crippen LogP contribution in [0, 0.1) is 5.82 Å². The Labute approximate surface area is 140 Å². The minimum absolute atomic E-state index is 0.111. The van der Waals surface area contributed by atoms with Crippen molar-refractivity contribution in [2.24, 2.45) is 0 Å². The molecule has 126 valence electrons. The van der Waals surface area contributed by atoms with E-state index in [1.165, 1.54) is 12.1 Å². The molecule has 0 heterocycles. The third-order valence-corrected chi connectivity index (χ3v) is 4.29. The SMILES string of the molecule is CC1=C(C)C(=O)C(CCNC(=O)Cc2ccc(F)cc2)=C(C)C1=O. The summed E-state index contributed by atoms with van der Waals surface area (Å²) in [5.41, 5.74) is 2.59. The van der Waals surface area contributed by atoms with Crippen LogP contribution in [0.3, 0.4) is 0 Å². The van der Waals surface area contributed by atoms with Gasteiger partial charge in [-0.25, -0.2) is 4.39 Å². The van der Waals surface area contributed by atoms with Crippen LogP contribution in [0.5, 0.6) is 0 Å². The average Bonchev–Trinajstić information content (AvgIpc) is 2.56. The van der Waals surface area contributed by atoms with E-state index in [-0.39, 0.29) is 36.3 Å².